The van der Waals surface area contributed by atoms with Gasteiger partial charge in [-0.05, 0) is 24.3 Å². The molecule has 0 amide bonds. The number of aromatic nitrogens is 1. The van der Waals surface area contributed by atoms with Crippen molar-refractivity contribution in [1.29, 1.82) is 0 Å². The van der Waals surface area contributed by atoms with E-state index in [2.05, 4.69) is 10.3 Å². The van der Waals surface area contributed by atoms with Crippen LogP contribution < -0.4 is 5.32 Å². The maximum atomic E-state index is 6.01. The van der Waals surface area contributed by atoms with E-state index in [1.54, 1.807) is 12.1 Å². The number of anilines is 1. The number of halogens is 2. The number of benzene rings is 1. The fraction of sp³-hybridized carbons (Fsp3) is 0.100. The quantitative estimate of drug-likeness (QED) is 0.805. The van der Waals surface area contributed by atoms with Gasteiger partial charge in [-0.25, -0.2) is 4.98 Å². The number of pyridine rings is 1. The van der Waals surface area contributed by atoms with Crippen LogP contribution in [0.15, 0.2) is 24.3 Å². The van der Waals surface area contributed by atoms with Crippen LogP contribution >= 0.6 is 23.2 Å². The number of fused-ring (bicyclic) bond motifs is 1. The maximum absolute atomic E-state index is 6.01. The van der Waals surface area contributed by atoms with Gasteiger partial charge in [-0.2, -0.15) is 0 Å². The lowest BCUT2D eigenvalue weighted by Crippen LogP contribution is -1.91. The van der Waals surface area contributed by atoms with Crippen LogP contribution in [0.4, 0.5) is 5.82 Å². The largest absolute Gasteiger partial charge is 0.373 e. The Labute approximate surface area is 91.9 Å². The van der Waals surface area contributed by atoms with Crippen LogP contribution in [0.1, 0.15) is 0 Å². The van der Waals surface area contributed by atoms with Crippen LogP contribution in [-0.4, -0.2) is 12.0 Å². The first-order valence-corrected chi connectivity index (χ1v) is 4.90. The van der Waals surface area contributed by atoms with Gasteiger partial charge in [-0.3, -0.25) is 0 Å². The first-order chi connectivity index (χ1) is 6.70. The van der Waals surface area contributed by atoms with Crippen molar-refractivity contribution < 1.29 is 0 Å². The zero-order chi connectivity index (χ0) is 10.1. The van der Waals surface area contributed by atoms with Crippen molar-refractivity contribution >= 4 is 39.9 Å². The number of hydrogen-bond donors (Lipinski definition) is 1. The highest BCUT2D eigenvalue weighted by molar-refractivity contribution is 6.38. The topological polar surface area (TPSA) is 24.9 Å². The van der Waals surface area contributed by atoms with E-state index in [4.69, 9.17) is 23.2 Å². The molecule has 14 heavy (non-hydrogen) atoms. The molecule has 0 saturated heterocycles. The molecule has 0 spiro atoms. The first-order valence-electron chi connectivity index (χ1n) is 4.14. The summed E-state index contributed by atoms with van der Waals surface area (Å²) < 4.78 is 0. The minimum Gasteiger partial charge on any atom is -0.373 e. The molecule has 0 atom stereocenters. The number of hydrogen-bond acceptors (Lipinski definition) is 2. The smallest absolute Gasteiger partial charge is 0.126 e. The van der Waals surface area contributed by atoms with Crippen molar-refractivity contribution in [2.75, 3.05) is 12.4 Å². The highest BCUT2D eigenvalue weighted by Crippen LogP contribution is 2.27. The second-order valence-electron chi connectivity index (χ2n) is 2.90. The minimum atomic E-state index is 0.600. The highest BCUT2D eigenvalue weighted by atomic mass is 35.5. The normalized spacial score (nSPS) is 10.5. The fourth-order valence-electron chi connectivity index (χ4n) is 1.30. The van der Waals surface area contributed by atoms with Gasteiger partial charge in [-0.1, -0.05) is 23.2 Å². The molecule has 0 unspecified atom stereocenters. The average molecular weight is 227 g/mol. The van der Waals surface area contributed by atoms with E-state index in [1.165, 1.54) is 0 Å². The monoisotopic (exact) mass is 226 g/mol. The fourth-order valence-corrected chi connectivity index (χ4v) is 1.84. The lowest BCUT2D eigenvalue weighted by molar-refractivity contribution is 1.34. The van der Waals surface area contributed by atoms with Crippen LogP contribution in [0, 0.1) is 0 Å². The Bertz CT molecular complexity index is 483. The van der Waals surface area contributed by atoms with Crippen molar-refractivity contribution in [2.24, 2.45) is 0 Å². The molecule has 72 valence electrons. The minimum absolute atomic E-state index is 0.600. The van der Waals surface area contributed by atoms with E-state index in [9.17, 15) is 0 Å². The molecular weight excluding hydrogens is 219 g/mol. The molecule has 1 N–H and O–H groups in total. The molecule has 0 saturated carbocycles. The number of rotatable bonds is 1. The van der Waals surface area contributed by atoms with Crippen molar-refractivity contribution in [3.8, 4) is 0 Å². The Balaban J connectivity index is 2.75. The van der Waals surface area contributed by atoms with E-state index < -0.39 is 0 Å². The molecule has 1 aromatic carbocycles. The van der Waals surface area contributed by atoms with Gasteiger partial charge in [0.25, 0.3) is 0 Å². The van der Waals surface area contributed by atoms with Gasteiger partial charge in [0.1, 0.15) is 5.82 Å². The summed E-state index contributed by atoms with van der Waals surface area (Å²) in [6.07, 6.45) is 0. The van der Waals surface area contributed by atoms with Crippen LogP contribution in [0.2, 0.25) is 10.0 Å². The van der Waals surface area contributed by atoms with Crippen LogP contribution in [0.25, 0.3) is 10.9 Å². The lowest BCUT2D eigenvalue weighted by Gasteiger charge is -2.03. The summed E-state index contributed by atoms with van der Waals surface area (Å²) in [5.74, 6) is 0.802. The van der Waals surface area contributed by atoms with Gasteiger partial charge in [-0.15, -0.1) is 0 Å². The van der Waals surface area contributed by atoms with E-state index in [-0.39, 0.29) is 0 Å². The number of nitrogens with zero attached hydrogens (tertiary/aromatic N) is 1. The van der Waals surface area contributed by atoms with Gasteiger partial charge in [0.2, 0.25) is 0 Å². The third-order valence-corrected chi connectivity index (χ3v) is 2.51. The molecule has 0 radical (unpaired) electrons. The van der Waals surface area contributed by atoms with Crippen molar-refractivity contribution in [2.45, 2.75) is 0 Å². The van der Waals surface area contributed by atoms with Gasteiger partial charge in [0.15, 0.2) is 0 Å². The van der Waals surface area contributed by atoms with Crippen LogP contribution in [0.3, 0.4) is 0 Å². The SMILES string of the molecule is CNc1ccc2c(Cl)cc(Cl)cc2n1. The predicted octanol–water partition coefficient (Wildman–Crippen LogP) is 3.58. The summed E-state index contributed by atoms with van der Waals surface area (Å²) >= 11 is 11.9. The van der Waals surface area contributed by atoms with E-state index in [0.29, 0.717) is 10.0 Å². The van der Waals surface area contributed by atoms with Gasteiger partial charge in [0, 0.05) is 17.5 Å². The van der Waals surface area contributed by atoms with Gasteiger partial charge < -0.3 is 5.32 Å². The molecule has 0 aliphatic rings. The Morgan fingerprint density at radius 3 is 2.71 bits per heavy atom. The summed E-state index contributed by atoms with van der Waals surface area (Å²) in [5, 5.41) is 5.10. The zero-order valence-electron chi connectivity index (χ0n) is 7.51. The summed E-state index contributed by atoms with van der Waals surface area (Å²) in [6.45, 7) is 0. The third kappa shape index (κ3) is 1.63. The number of nitrogens with one attached hydrogen (secondary N) is 1. The molecule has 2 aromatic rings. The molecule has 0 aliphatic heterocycles. The highest BCUT2D eigenvalue weighted by Gasteiger charge is 2.02. The van der Waals surface area contributed by atoms with Crippen LogP contribution in [0.5, 0.6) is 0 Å². The van der Waals surface area contributed by atoms with E-state index in [1.807, 2.05) is 19.2 Å². The van der Waals surface area contributed by atoms with E-state index in [0.717, 1.165) is 16.7 Å². The first kappa shape index (κ1) is 9.56. The molecule has 0 fully saturated rings. The Morgan fingerprint density at radius 1 is 1.21 bits per heavy atom. The summed E-state index contributed by atoms with van der Waals surface area (Å²) in [6, 6.07) is 7.31. The Morgan fingerprint density at radius 2 is 2.00 bits per heavy atom. The Kier molecular flexibility index (Phi) is 2.48. The second-order valence-corrected chi connectivity index (χ2v) is 3.74. The zero-order valence-corrected chi connectivity index (χ0v) is 9.02. The summed E-state index contributed by atoms with van der Waals surface area (Å²) in [7, 11) is 1.82. The molecule has 0 bridgehead atoms. The van der Waals surface area contributed by atoms with Crippen molar-refractivity contribution in [3.05, 3.63) is 34.3 Å². The van der Waals surface area contributed by atoms with Gasteiger partial charge in [0.05, 0.1) is 10.5 Å². The molecule has 2 rings (SSSR count). The molecule has 1 aromatic heterocycles. The maximum Gasteiger partial charge on any atom is 0.126 e. The third-order valence-electron chi connectivity index (χ3n) is 1.98. The second kappa shape index (κ2) is 3.64. The Hall–Kier alpha value is -0.990. The molecule has 4 heteroatoms. The van der Waals surface area contributed by atoms with Crippen molar-refractivity contribution in [3.63, 3.8) is 0 Å². The van der Waals surface area contributed by atoms with E-state index >= 15 is 0 Å². The summed E-state index contributed by atoms with van der Waals surface area (Å²) in [4.78, 5) is 4.34. The lowest BCUT2D eigenvalue weighted by atomic mass is 10.2. The standard InChI is InChI=1S/C10H8Cl2N2/c1-13-10-3-2-7-8(12)4-6(11)5-9(7)14-10/h2-5H,1H3,(H,13,14). The van der Waals surface area contributed by atoms with Gasteiger partial charge >= 0.3 is 0 Å². The van der Waals surface area contributed by atoms with Crippen LogP contribution in [-0.2, 0) is 0 Å². The molecule has 1 heterocycles. The predicted molar refractivity (Wildman–Crippen MR) is 61.3 cm³/mol. The molecular formula is C10H8Cl2N2. The summed E-state index contributed by atoms with van der Waals surface area (Å²) in [5.41, 5.74) is 0.800. The average Bonchev–Trinajstić information content (AvgIpc) is 2.16. The van der Waals surface area contributed by atoms with Crippen molar-refractivity contribution in [1.82, 2.24) is 4.98 Å². The molecule has 0 aliphatic carbocycles. The molecule has 2 nitrogen and oxygen atoms in total.